The van der Waals surface area contributed by atoms with Crippen molar-refractivity contribution < 1.29 is 13.2 Å². The van der Waals surface area contributed by atoms with Crippen molar-refractivity contribution in [2.75, 3.05) is 25.0 Å². The van der Waals surface area contributed by atoms with Crippen molar-refractivity contribution in [1.29, 1.82) is 0 Å². The molecule has 26 heavy (non-hydrogen) atoms. The SMILES string of the molecule is C=CC(=O)Nc1ccc(S(=O)(=O)N2CCNC(c3cccnc3)C2)cc1. The number of hydrogen-bond donors (Lipinski definition) is 2. The Bertz CT molecular complexity index is 882. The highest BCUT2D eigenvalue weighted by molar-refractivity contribution is 7.89. The number of benzene rings is 1. The number of sulfonamides is 1. The van der Waals surface area contributed by atoms with E-state index >= 15 is 0 Å². The predicted molar refractivity (Wildman–Crippen MR) is 99.0 cm³/mol. The van der Waals surface area contributed by atoms with Crippen molar-refractivity contribution in [3.8, 4) is 0 Å². The number of anilines is 1. The summed E-state index contributed by atoms with van der Waals surface area (Å²) >= 11 is 0. The number of carbonyl (C=O) groups is 1. The molecular formula is C18H20N4O3S. The van der Waals surface area contributed by atoms with Gasteiger partial charge in [-0.1, -0.05) is 12.6 Å². The van der Waals surface area contributed by atoms with Crippen LogP contribution in [-0.4, -0.2) is 43.2 Å². The maximum Gasteiger partial charge on any atom is 0.247 e. The number of hydrogen-bond acceptors (Lipinski definition) is 5. The maximum atomic E-state index is 12.9. The number of aromatic nitrogens is 1. The highest BCUT2D eigenvalue weighted by Gasteiger charge is 2.30. The lowest BCUT2D eigenvalue weighted by Gasteiger charge is -2.33. The molecular weight excluding hydrogens is 352 g/mol. The number of amides is 1. The second-order valence-corrected chi connectivity index (χ2v) is 7.81. The van der Waals surface area contributed by atoms with Crippen LogP contribution in [0, 0.1) is 0 Å². The number of piperazine rings is 1. The zero-order valence-electron chi connectivity index (χ0n) is 14.1. The molecule has 1 fully saturated rings. The van der Waals surface area contributed by atoms with Crippen molar-refractivity contribution in [3.05, 3.63) is 67.0 Å². The molecule has 1 amide bonds. The second kappa shape index (κ2) is 7.77. The smallest absolute Gasteiger partial charge is 0.247 e. The van der Waals surface area contributed by atoms with Gasteiger partial charge in [0.05, 0.1) is 4.90 Å². The van der Waals surface area contributed by atoms with Gasteiger partial charge < -0.3 is 10.6 Å². The van der Waals surface area contributed by atoms with E-state index in [4.69, 9.17) is 0 Å². The lowest BCUT2D eigenvalue weighted by atomic mass is 10.1. The van der Waals surface area contributed by atoms with E-state index in [1.807, 2.05) is 12.1 Å². The first-order valence-electron chi connectivity index (χ1n) is 8.17. The molecule has 136 valence electrons. The fraction of sp³-hybridized carbons (Fsp3) is 0.222. The van der Waals surface area contributed by atoms with E-state index in [0.29, 0.717) is 25.3 Å². The molecule has 1 atom stereocenters. The van der Waals surface area contributed by atoms with Crippen molar-refractivity contribution in [2.45, 2.75) is 10.9 Å². The summed E-state index contributed by atoms with van der Waals surface area (Å²) in [7, 11) is -3.61. The molecule has 1 unspecified atom stereocenters. The van der Waals surface area contributed by atoms with Crippen molar-refractivity contribution in [1.82, 2.24) is 14.6 Å². The van der Waals surface area contributed by atoms with Crippen LogP contribution in [0.1, 0.15) is 11.6 Å². The number of carbonyl (C=O) groups excluding carboxylic acids is 1. The summed E-state index contributed by atoms with van der Waals surface area (Å²) in [6, 6.07) is 9.78. The summed E-state index contributed by atoms with van der Waals surface area (Å²) in [6.07, 6.45) is 4.59. The number of pyridine rings is 1. The van der Waals surface area contributed by atoms with Gasteiger partial charge in [0.2, 0.25) is 15.9 Å². The molecule has 0 aliphatic carbocycles. The molecule has 2 N–H and O–H groups in total. The van der Waals surface area contributed by atoms with Gasteiger partial charge in [-0.2, -0.15) is 4.31 Å². The third kappa shape index (κ3) is 3.98. The third-order valence-corrected chi connectivity index (χ3v) is 6.05. The van der Waals surface area contributed by atoms with Crippen molar-refractivity contribution in [3.63, 3.8) is 0 Å². The Kier molecular flexibility index (Phi) is 5.46. The molecule has 1 aliphatic heterocycles. The zero-order chi connectivity index (χ0) is 18.6. The van der Waals surface area contributed by atoms with Crippen LogP contribution >= 0.6 is 0 Å². The molecule has 0 bridgehead atoms. The van der Waals surface area contributed by atoms with Gasteiger partial charge in [-0.3, -0.25) is 9.78 Å². The zero-order valence-corrected chi connectivity index (χ0v) is 14.9. The maximum absolute atomic E-state index is 12.9. The summed E-state index contributed by atoms with van der Waals surface area (Å²) in [5, 5.41) is 5.92. The lowest BCUT2D eigenvalue weighted by Crippen LogP contribution is -2.48. The number of nitrogens with one attached hydrogen (secondary N) is 2. The van der Waals surface area contributed by atoms with Crippen LogP contribution in [0.3, 0.4) is 0 Å². The van der Waals surface area contributed by atoms with Gasteiger partial charge in [-0.25, -0.2) is 8.42 Å². The Hall–Kier alpha value is -2.55. The average Bonchev–Trinajstić information content (AvgIpc) is 2.69. The van der Waals surface area contributed by atoms with E-state index in [-0.39, 0.29) is 16.8 Å². The fourth-order valence-corrected chi connectivity index (χ4v) is 4.25. The van der Waals surface area contributed by atoms with E-state index in [2.05, 4.69) is 22.2 Å². The van der Waals surface area contributed by atoms with E-state index in [0.717, 1.165) is 11.6 Å². The standard InChI is InChI=1S/C18H20N4O3S/c1-2-18(23)21-15-5-7-16(8-6-15)26(24,25)22-11-10-20-17(13-22)14-4-3-9-19-12-14/h2-9,12,17,20H,1,10-11,13H2,(H,21,23). The van der Waals surface area contributed by atoms with Crippen molar-refractivity contribution in [2.24, 2.45) is 0 Å². The molecule has 2 heterocycles. The molecule has 0 spiro atoms. The quantitative estimate of drug-likeness (QED) is 0.777. The first-order chi connectivity index (χ1) is 12.5. The molecule has 1 saturated heterocycles. The Labute approximate surface area is 152 Å². The highest BCUT2D eigenvalue weighted by atomic mass is 32.2. The molecule has 1 aromatic carbocycles. The van der Waals surface area contributed by atoms with Gasteiger partial charge in [0.1, 0.15) is 0 Å². The summed E-state index contributed by atoms with van der Waals surface area (Å²) in [4.78, 5) is 15.6. The third-order valence-electron chi connectivity index (χ3n) is 4.17. The lowest BCUT2D eigenvalue weighted by molar-refractivity contribution is -0.111. The second-order valence-electron chi connectivity index (χ2n) is 5.87. The van der Waals surface area contributed by atoms with Gasteiger partial charge in [0.25, 0.3) is 0 Å². The highest BCUT2D eigenvalue weighted by Crippen LogP contribution is 2.23. The van der Waals surface area contributed by atoms with Gasteiger partial charge >= 0.3 is 0 Å². The van der Waals surface area contributed by atoms with E-state index in [9.17, 15) is 13.2 Å². The largest absolute Gasteiger partial charge is 0.323 e. The van der Waals surface area contributed by atoms with Crippen LogP contribution in [0.5, 0.6) is 0 Å². The van der Waals surface area contributed by atoms with Crippen LogP contribution in [0.2, 0.25) is 0 Å². The molecule has 1 aromatic heterocycles. The average molecular weight is 372 g/mol. The monoisotopic (exact) mass is 372 g/mol. The summed E-state index contributed by atoms with van der Waals surface area (Å²) in [5.41, 5.74) is 1.47. The molecule has 8 heteroatoms. The van der Waals surface area contributed by atoms with Crippen LogP contribution in [-0.2, 0) is 14.8 Å². The first-order valence-corrected chi connectivity index (χ1v) is 9.61. The summed E-state index contributed by atoms with van der Waals surface area (Å²) in [6.45, 7) is 4.68. The molecule has 3 rings (SSSR count). The van der Waals surface area contributed by atoms with Crippen LogP contribution in [0.25, 0.3) is 0 Å². The first kappa shape index (κ1) is 18.2. The topological polar surface area (TPSA) is 91.4 Å². The van der Waals surface area contributed by atoms with Gasteiger partial charge in [-0.15, -0.1) is 0 Å². The number of nitrogens with zero attached hydrogens (tertiary/aromatic N) is 2. The van der Waals surface area contributed by atoms with Crippen LogP contribution in [0.15, 0.2) is 66.3 Å². The normalized spacial score (nSPS) is 18.2. The van der Waals surface area contributed by atoms with Gasteiger partial charge in [0.15, 0.2) is 0 Å². The van der Waals surface area contributed by atoms with E-state index in [1.54, 1.807) is 24.5 Å². The van der Waals surface area contributed by atoms with Crippen LogP contribution in [0.4, 0.5) is 5.69 Å². The van der Waals surface area contributed by atoms with Crippen molar-refractivity contribution >= 4 is 21.6 Å². The minimum Gasteiger partial charge on any atom is -0.323 e. The molecule has 1 aliphatic rings. The summed E-state index contributed by atoms with van der Waals surface area (Å²) < 4.78 is 27.3. The predicted octanol–water partition coefficient (Wildman–Crippen LogP) is 1.54. The van der Waals surface area contributed by atoms with Crippen LogP contribution < -0.4 is 10.6 Å². The van der Waals surface area contributed by atoms with E-state index < -0.39 is 10.0 Å². The molecule has 7 nitrogen and oxygen atoms in total. The molecule has 0 radical (unpaired) electrons. The Morgan fingerprint density at radius 1 is 1.31 bits per heavy atom. The molecule has 0 saturated carbocycles. The van der Waals surface area contributed by atoms with Gasteiger partial charge in [-0.05, 0) is 42.0 Å². The van der Waals surface area contributed by atoms with Gasteiger partial charge in [0, 0.05) is 43.8 Å². The Morgan fingerprint density at radius 2 is 2.08 bits per heavy atom. The Balaban J connectivity index is 1.76. The minimum absolute atomic E-state index is 0.0987. The Morgan fingerprint density at radius 3 is 2.73 bits per heavy atom. The number of rotatable bonds is 5. The van der Waals surface area contributed by atoms with E-state index in [1.165, 1.54) is 16.4 Å². The summed E-state index contributed by atoms with van der Waals surface area (Å²) in [5.74, 6) is -0.345. The fourth-order valence-electron chi connectivity index (χ4n) is 2.80. The molecule has 2 aromatic rings. The minimum atomic E-state index is -3.61.